The van der Waals surface area contributed by atoms with Gasteiger partial charge in [-0.15, -0.1) is 11.3 Å². The fraction of sp³-hybridized carbons (Fsp3) is 0.444. The van der Waals surface area contributed by atoms with Crippen LogP contribution in [0.4, 0.5) is 11.4 Å². The maximum atomic E-state index is 13.0. The molecule has 1 fully saturated rings. The largest absolute Gasteiger partial charge is 0.372 e. The predicted molar refractivity (Wildman–Crippen MR) is 120 cm³/mol. The van der Waals surface area contributed by atoms with Gasteiger partial charge in [-0.05, 0) is 38.1 Å². The minimum absolute atomic E-state index is 0.0365. The molecule has 2 heterocycles. The number of benzene rings is 1. The molecule has 1 aliphatic heterocycles. The summed E-state index contributed by atoms with van der Waals surface area (Å²) in [5.74, 6) is 0. The Kier molecular flexibility index (Phi) is 6.71. The maximum Gasteiger partial charge on any atom is 0.271 e. The Labute approximate surface area is 186 Å². The van der Waals surface area contributed by atoms with Crippen LogP contribution in [0.3, 0.4) is 0 Å². The first kappa shape index (κ1) is 23.3. The molecule has 0 spiro atoms. The van der Waals surface area contributed by atoms with Gasteiger partial charge in [-0.2, -0.15) is 0 Å². The number of morpholine rings is 1. The van der Waals surface area contributed by atoms with E-state index in [1.54, 1.807) is 18.2 Å². The van der Waals surface area contributed by atoms with Crippen molar-refractivity contribution >= 4 is 54.4 Å². The van der Waals surface area contributed by atoms with E-state index < -0.39 is 20.0 Å². The Morgan fingerprint density at radius 2 is 1.67 bits per heavy atom. The van der Waals surface area contributed by atoms with Crippen LogP contribution < -0.4 is 9.62 Å². The maximum absolute atomic E-state index is 13.0. The summed E-state index contributed by atoms with van der Waals surface area (Å²) in [5.41, 5.74) is 0.900. The van der Waals surface area contributed by atoms with E-state index in [0.29, 0.717) is 40.8 Å². The van der Waals surface area contributed by atoms with E-state index in [1.807, 2.05) is 18.7 Å². The van der Waals surface area contributed by atoms with Crippen molar-refractivity contribution < 1.29 is 21.6 Å². The van der Waals surface area contributed by atoms with Crippen LogP contribution in [0.1, 0.15) is 13.8 Å². The molecule has 1 saturated heterocycles. The van der Waals surface area contributed by atoms with Crippen molar-refractivity contribution in [2.75, 3.05) is 36.8 Å². The monoisotopic (exact) mass is 493 g/mol. The quantitative estimate of drug-likeness (QED) is 0.664. The lowest BCUT2D eigenvalue weighted by Gasteiger charge is -2.38. The van der Waals surface area contributed by atoms with Gasteiger partial charge < -0.3 is 9.64 Å². The van der Waals surface area contributed by atoms with Crippen molar-refractivity contribution in [3.8, 4) is 0 Å². The lowest BCUT2D eigenvalue weighted by Crippen LogP contribution is -2.45. The van der Waals surface area contributed by atoms with Crippen molar-refractivity contribution in [1.82, 2.24) is 4.31 Å². The molecule has 8 nitrogen and oxygen atoms in total. The number of rotatable bonds is 6. The number of thiophene rings is 1. The molecule has 0 unspecified atom stereocenters. The number of nitrogens with zero attached hydrogens (tertiary/aromatic N) is 2. The second kappa shape index (κ2) is 8.64. The number of halogens is 1. The first-order valence-corrected chi connectivity index (χ1v) is 13.3. The average Bonchev–Trinajstić information content (AvgIpc) is 3.12. The lowest BCUT2D eigenvalue weighted by atomic mass is 10.2. The van der Waals surface area contributed by atoms with Crippen LogP contribution in [0.5, 0.6) is 0 Å². The Morgan fingerprint density at radius 1 is 1.07 bits per heavy atom. The highest BCUT2D eigenvalue weighted by Crippen LogP contribution is 2.37. The highest BCUT2D eigenvalue weighted by atomic mass is 35.5. The van der Waals surface area contributed by atoms with Gasteiger partial charge in [0.15, 0.2) is 0 Å². The lowest BCUT2D eigenvalue weighted by molar-refractivity contribution is -0.00516. The third-order valence-electron chi connectivity index (χ3n) is 4.52. The van der Waals surface area contributed by atoms with Gasteiger partial charge in [0, 0.05) is 27.2 Å². The molecule has 0 saturated carbocycles. The van der Waals surface area contributed by atoms with Gasteiger partial charge in [-0.25, -0.2) is 21.1 Å². The number of ether oxygens (including phenoxy) is 1. The topological polar surface area (TPSA) is 96.0 Å². The van der Waals surface area contributed by atoms with E-state index >= 15 is 0 Å². The van der Waals surface area contributed by atoms with Crippen molar-refractivity contribution in [3.63, 3.8) is 0 Å². The van der Waals surface area contributed by atoms with Gasteiger partial charge in [-0.1, -0.05) is 17.7 Å². The summed E-state index contributed by atoms with van der Waals surface area (Å²) in [7, 11) is -4.95. The van der Waals surface area contributed by atoms with Gasteiger partial charge in [0.2, 0.25) is 0 Å². The van der Waals surface area contributed by atoms with Crippen molar-refractivity contribution in [1.29, 1.82) is 0 Å². The number of anilines is 2. The fourth-order valence-electron chi connectivity index (χ4n) is 3.24. The standard InChI is InChI=1S/C18H24ClN3O5S3/c1-12-10-22(11-13(2)27-12)18-14(19)6-5-7-15(18)20-29(23,24)16-8-9-17(28-16)30(25,26)21(3)4/h5-9,12-13,20H,10-11H2,1-4H3/t12-,13+. The van der Waals surface area contributed by atoms with E-state index in [2.05, 4.69) is 4.72 Å². The molecule has 2 atom stereocenters. The Bertz CT molecular complexity index is 1120. The van der Waals surface area contributed by atoms with Crippen LogP contribution in [0.25, 0.3) is 0 Å². The molecule has 2 aromatic rings. The molecule has 0 radical (unpaired) electrons. The van der Waals surface area contributed by atoms with Crippen molar-refractivity contribution in [3.05, 3.63) is 35.4 Å². The highest BCUT2D eigenvalue weighted by molar-refractivity contribution is 7.96. The molecule has 12 heteroatoms. The number of sulfonamides is 2. The van der Waals surface area contributed by atoms with Gasteiger partial charge in [0.05, 0.1) is 28.6 Å². The molecule has 1 aliphatic rings. The zero-order valence-corrected chi connectivity index (χ0v) is 20.2. The Hall–Kier alpha value is -1.37. The molecule has 30 heavy (non-hydrogen) atoms. The highest BCUT2D eigenvalue weighted by Gasteiger charge is 2.28. The first-order chi connectivity index (χ1) is 13.9. The Morgan fingerprint density at radius 3 is 2.27 bits per heavy atom. The second-order valence-corrected chi connectivity index (χ2v) is 13.0. The third-order valence-corrected chi connectivity index (χ3v) is 10.1. The Balaban J connectivity index is 1.95. The van der Waals surface area contributed by atoms with Gasteiger partial charge in [0.25, 0.3) is 20.0 Å². The summed E-state index contributed by atoms with van der Waals surface area (Å²) in [6.07, 6.45) is -0.0730. The van der Waals surface area contributed by atoms with E-state index in [9.17, 15) is 16.8 Å². The van der Waals surface area contributed by atoms with Crippen LogP contribution in [0.2, 0.25) is 5.02 Å². The molecular formula is C18H24ClN3O5S3. The van der Waals surface area contributed by atoms with Crippen molar-refractivity contribution in [2.45, 2.75) is 34.5 Å². The minimum Gasteiger partial charge on any atom is -0.372 e. The zero-order chi connectivity index (χ0) is 22.3. The fourth-order valence-corrected chi connectivity index (χ4v) is 7.54. The molecule has 1 aromatic carbocycles. The first-order valence-electron chi connectivity index (χ1n) is 9.16. The second-order valence-electron chi connectivity index (χ2n) is 7.26. The molecule has 166 valence electrons. The van der Waals surface area contributed by atoms with E-state index in [1.165, 1.54) is 26.2 Å². The molecule has 0 bridgehead atoms. The minimum atomic E-state index is -4.01. The smallest absolute Gasteiger partial charge is 0.271 e. The van der Waals surface area contributed by atoms with Gasteiger partial charge in [0.1, 0.15) is 8.42 Å². The number of para-hydroxylation sites is 1. The average molecular weight is 494 g/mol. The number of hydrogen-bond donors (Lipinski definition) is 1. The van der Waals surface area contributed by atoms with E-state index in [-0.39, 0.29) is 20.6 Å². The molecule has 1 N–H and O–H groups in total. The SMILES string of the molecule is C[C@@H]1CN(c2c(Cl)cccc2NS(=O)(=O)c2ccc(S(=O)(=O)N(C)C)s2)C[C@H](C)O1. The van der Waals surface area contributed by atoms with E-state index in [4.69, 9.17) is 16.3 Å². The van der Waals surface area contributed by atoms with Crippen LogP contribution in [0, 0.1) is 0 Å². The van der Waals surface area contributed by atoms with Crippen molar-refractivity contribution in [2.24, 2.45) is 0 Å². The number of hydrogen-bond acceptors (Lipinski definition) is 7. The van der Waals surface area contributed by atoms with E-state index in [0.717, 1.165) is 4.31 Å². The summed E-state index contributed by atoms with van der Waals surface area (Å²) in [6, 6.07) is 7.57. The predicted octanol–water partition coefficient (Wildman–Crippen LogP) is 3.07. The summed E-state index contributed by atoms with van der Waals surface area (Å²) >= 11 is 7.13. The molecule has 1 aromatic heterocycles. The molecular weight excluding hydrogens is 470 g/mol. The van der Waals surface area contributed by atoms with Gasteiger partial charge >= 0.3 is 0 Å². The van der Waals surface area contributed by atoms with Crippen LogP contribution in [0.15, 0.2) is 38.8 Å². The zero-order valence-electron chi connectivity index (χ0n) is 17.0. The molecule has 3 rings (SSSR count). The third kappa shape index (κ3) is 4.76. The molecule has 0 amide bonds. The number of nitrogens with one attached hydrogen (secondary N) is 1. The molecule has 0 aliphatic carbocycles. The summed E-state index contributed by atoms with van der Waals surface area (Å²) in [4.78, 5) is 2.00. The summed E-state index contributed by atoms with van der Waals surface area (Å²) in [5, 5.41) is 0.415. The van der Waals surface area contributed by atoms with Gasteiger partial charge in [-0.3, -0.25) is 4.72 Å². The van der Waals surface area contributed by atoms with Crippen LogP contribution >= 0.6 is 22.9 Å². The van der Waals surface area contributed by atoms with Crippen LogP contribution in [-0.2, 0) is 24.8 Å². The summed E-state index contributed by atoms with van der Waals surface area (Å²) in [6.45, 7) is 5.02. The normalized spacial score (nSPS) is 20.5. The van der Waals surface area contributed by atoms with Crippen LogP contribution in [-0.4, -0.2) is 60.5 Å². The summed E-state index contributed by atoms with van der Waals surface area (Å²) < 4.78 is 59.8.